The van der Waals surface area contributed by atoms with E-state index in [1.807, 2.05) is 23.1 Å². The third kappa shape index (κ3) is 4.36. The average Bonchev–Trinajstić information content (AvgIpc) is 3.15. The fraction of sp³-hybridized carbons (Fsp3) is 0.591. The molecule has 1 aliphatic heterocycles. The van der Waals surface area contributed by atoms with Crippen molar-refractivity contribution in [2.24, 2.45) is 17.3 Å². The van der Waals surface area contributed by atoms with Crippen molar-refractivity contribution in [2.45, 2.75) is 32.7 Å². The first-order valence-corrected chi connectivity index (χ1v) is 9.91. The van der Waals surface area contributed by atoms with Gasteiger partial charge in [-0.25, -0.2) is 0 Å². The molecule has 1 aromatic heterocycles. The van der Waals surface area contributed by atoms with E-state index in [2.05, 4.69) is 48.1 Å². The lowest BCUT2D eigenvalue weighted by molar-refractivity contribution is 0.153. The molecule has 1 saturated carbocycles. The molecule has 0 radical (unpaired) electrons. The van der Waals surface area contributed by atoms with Gasteiger partial charge < -0.3 is 5.32 Å². The van der Waals surface area contributed by atoms with E-state index in [1.54, 1.807) is 0 Å². The molecule has 2 fully saturated rings. The quantitative estimate of drug-likeness (QED) is 0.761. The molecule has 0 spiro atoms. The maximum atomic E-state index is 4.53. The zero-order valence-electron chi connectivity index (χ0n) is 16.3. The molecule has 2 heterocycles. The van der Waals surface area contributed by atoms with Gasteiger partial charge in [-0.05, 0) is 42.6 Å². The van der Waals surface area contributed by atoms with Gasteiger partial charge in [0, 0.05) is 45.1 Å². The van der Waals surface area contributed by atoms with Gasteiger partial charge in [0.2, 0.25) is 0 Å². The van der Waals surface area contributed by atoms with Crippen LogP contribution in [0.5, 0.6) is 0 Å². The molecule has 1 aliphatic carbocycles. The van der Waals surface area contributed by atoms with E-state index in [0.717, 1.165) is 52.1 Å². The van der Waals surface area contributed by atoms with Crippen LogP contribution in [0.25, 0.3) is 0 Å². The molecule has 4 nitrogen and oxygen atoms in total. The number of allylic oxidation sites excluding steroid dienone is 2. The van der Waals surface area contributed by atoms with Crippen LogP contribution in [0, 0.1) is 17.3 Å². The van der Waals surface area contributed by atoms with Crippen molar-refractivity contribution in [3.8, 4) is 0 Å². The largest absolute Gasteiger partial charge is 0.314 e. The maximum absolute atomic E-state index is 4.53. The second-order valence-corrected chi connectivity index (χ2v) is 8.28. The van der Waals surface area contributed by atoms with Crippen LogP contribution in [0.2, 0.25) is 0 Å². The zero-order chi connectivity index (χ0) is 18.6. The Morgan fingerprint density at radius 3 is 2.69 bits per heavy atom. The number of aromatic nitrogens is 2. The van der Waals surface area contributed by atoms with Gasteiger partial charge in [-0.15, -0.1) is 6.58 Å². The Morgan fingerprint density at radius 1 is 1.27 bits per heavy atom. The van der Waals surface area contributed by atoms with Crippen LogP contribution in [-0.4, -0.2) is 47.4 Å². The lowest BCUT2D eigenvalue weighted by atomic mass is 9.61. The molecule has 26 heavy (non-hydrogen) atoms. The Balaban J connectivity index is 1.66. The first-order chi connectivity index (χ1) is 12.5. The molecule has 2 aliphatic rings. The van der Waals surface area contributed by atoms with E-state index in [1.165, 1.54) is 17.6 Å². The molecule has 0 unspecified atom stereocenters. The molecule has 142 valence electrons. The predicted molar refractivity (Wildman–Crippen MR) is 109 cm³/mol. The first kappa shape index (κ1) is 19.1. The van der Waals surface area contributed by atoms with Gasteiger partial charge in [0.25, 0.3) is 0 Å². The summed E-state index contributed by atoms with van der Waals surface area (Å²) in [6, 6.07) is 1.97. The molecule has 3 atom stereocenters. The lowest BCUT2D eigenvalue weighted by Crippen LogP contribution is -2.45. The topological polar surface area (TPSA) is 33.1 Å². The Kier molecular flexibility index (Phi) is 6.15. The number of hydrogen-bond acceptors (Lipinski definition) is 3. The third-order valence-electron chi connectivity index (χ3n) is 6.44. The SMILES string of the molecule is C=C[C@]1(C)CC[C@@H](C(=C)Cn2cccn2)C[C@H]1C(=C)CN1CCNCC1. The van der Waals surface area contributed by atoms with Gasteiger partial charge in [-0.3, -0.25) is 9.58 Å². The summed E-state index contributed by atoms with van der Waals surface area (Å²) in [5, 5.41) is 7.77. The van der Waals surface area contributed by atoms with Gasteiger partial charge in [0.15, 0.2) is 0 Å². The van der Waals surface area contributed by atoms with Crippen LogP contribution in [-0.2, 0) is 6.54 Å². The maximum Gasteiger partial charge on any atom is 0.0619 e. The minimum absolute atomic E-state index is 0.146. The number of nitrogens with zero attached hydrogens (tertiary/aromatic N) is 3. The highest BCUT2D eigenvalue weighted by Gasteiger charge is 2.40. The van der Waals surface area contributed by atoms with Crippen LogP contribution in [0.4, 0.5) is 0 Å². The summed E-state index contributed by atoms with van der Waals surface area (Å²) < 4.78 is 1.98. The van der Waals surface area contributed by atoms with Gasteiger partial charge in [-0.2, -0.15) is 5.10 Å². The van der Waals surface area contributed by atoms with Crippen LogP contribution < -0.4 is 5.32 Å². The van der Waals surface area contributed by atoms with E-state index >= 15 is 0 Å². The van der Waals surface area contributed by atoms with Gasteiger partial charge in [0.05, 0.1) is 6.54 Å². The van der Waals surface area contributed by atoms with Crippen LogP contribution in [0.15, 0.2) is 55.4 Å². The van der Waals surface area contributed by atoms with Crippen molar-refractivity contribution in [3.63, 3.8) is 0 Å². The zero-order valence-corrected chi connectivity index (χ0v) is 16.3. The van der Waals surface area contributed by atoms with Crippen LogP contribution in [0.1, 0.15) is 26.2 Å². The molecule has 0 amide bonds. The minimum Gasteiger partial charge on any atom is -0.314 e. The molecule has 1 N–H and O–H groups in total. The molecule has 0 bridgehead atoms. The molecule has 4 heteroatoms. The first-order valence-electron chi connectivity index (χ1n) is 9.91. The number of rotatable bonds is 7. The molecule has 3 rings (SSSR count). The summed E-state index contributed by atoms with van der Waals surface area (Å²) in [6.07, 6.45) is 9.49. The van der Waals surface area contributed by atoms with Gasteiger partial charge in [-0.1, -0.05) is 37.3 Å². The summed E-state index contributed by atoms with van der Waals surface area (Å²) in [7, 11) is 0. The molecular formula is C22H34N4. The van der Waals surface area contributed by atoms with E-state index in [0.29, 0.717) is 11.8 Å². The van der Waals surface area contributed by atoms with Gasteiger partial charge in [0.1, 0.15) is 0 Å². The fourth-order valence-electron chi connectivity index (χ4n) is 4.58. The smallest absolute Gasteiger partial charge is 0.0619 e. The van der Waals surface area contributed by atoms with E-state index in [9.17, 15) is 0 Å². The summed E-state index contributed by atoms with van der Waals surface area (Å²) in [4.78, 5) is 2.53. The number of nitrogens with one attached hydrogen (secondary N) is 1. The molecule has 1 saturated heterocycles. The Labute approximate surface area is 158 Å². The average molecular weight is 355 g/mol. The normalized spacial score (nSPS) is 30.0. The van der Waals surface area contributed by atoms with Gasteiger partial charge >= 0.3 is 0 Å². The minimum atomic E-state index is 0.146. The highest BCUT2D eigenvalue weighted by Crippen LogP contribution is 2.49. The Hall–Kier alpha value is -1.65. The fourth-order valence-corrected chi connectivity index (χ4v) is 4.58. The second kappa shape index (κ2) is 8.36. The van der Waals surface area contributed by atoms with Crippen molar-refractivity contribution in [1.29, 1.82) is 0 Å². The van der Waals surface area contributed by atoms with Crippen molar-refractivity contribution < 1.29 is 0 Å². The number of hydrogen-bond donors (Lipinski definition) is 1. The van der Waals surface area contributed by atoms with Crippen molar-refractivity contribution in [2.75, 3.05) is 32.7 Å². The molecule has 0 aromatic carbocycles. The second-order valence-electron chi connectivity index (χ2n) is 8.28. The summed E-state index contributed by atoms with van der Waals surface area (Å²) in [6.45, 7) is 21.7. The van der Waals surface area contributed by atoms with Crippen LogP contribution >= 0.6 is 0 Å². The summed E-state index contributed by atoms with van der Waals surface area (Å²) in [5.41, 5.74) is 2.80. The predicted octanol–water partition coefficient (Wildman–Crippen LogP) is 3.51. The monoisotopic (exact) mass is 354 g/mol. The summed E-state index contributed by atoms with van der Waals surface area (Å²) >= 11 is 0. The standard InChI is InChI=1S/C22H34N4/c1-5-22(4)8-7-20(18(2)17-26-12-6-9-24-26)15-21(22)19(3)16-25-13-10-23-11-14-25/h5-6,9,12,20-21,23H,1-3,7-8,10-11,13-17H2,4H3/t20-,21+,22-/m1/s1. The molecule has 1 aromatic rings. The van der Waals surface area contributed by atoms with E-state index in [-0.39, 0.29) is 5.41 Å². The number of piperazine rings is 1. The highest BCUT2D eigenvalue weighted by atomic mass is 15.3. The summed E-state index contributed by atoms with van der Waals surface area (Å²) in [5.74, 6) is 1.01. The van der Waals surface area contributed by atoms with Crippen molar-refractivity contribution in [1.82, 2.24) is 20.0 Å². The van der Waals surface area contributed by atoms with Crippen LogP contribution in [0.3, 0.4) is 0 Å². The molecular weight excluding hydrogens is 320 g/mol. The third-order valence-corrected chi connectivity index (χ3v) is 6.44. The van der Waals surface area contributed by atoms with Crippen molar-refractivity contribution in [3.05, 3.63) is 55.4 Å². The lowest BCUT2D eigenvalue weighted by Gasteiger charge is -2.45. The Morgan fingerprint density at radius 2 is 2.04 bits per heavy atom. The Bertz CT molecular complexity index is 627. The van der Waals surface area contributed by atoms with E-state index < -0.39 is 0 Å². The highest BCUT2D eigenvalue weighted by molar-refractivity contribution is 5.18. The van der Waals surface area contributed by atoms with E-state index in [4.69, 9.17) is 0 Å². The van der Waals surface area contributed by atoms with Crippen molar-refractivity contribution >= 4 is 0 Å².